The zero-order valence-electron chi connectivity index (χ0n) is 13.0. The minimum atomic E-state index is -0.690. The Morgan fingerprint density at radius 2 is 2.13 bits per heavy atom. The van der Waals surface area contributed by atoms with E-state index in [-0.39, 0.29) is 5.91 Å². The molecule has 0 bridgehead atoms. The van der Waals surface area contributed by atoms with E-state index in [2.05, 4.69) is 25.9 Å². The summed E-state index contributed by atoms with van der Waals surface area (Å²) >= 11 is 1.83. The van der Waals surface area contributed by atoms with Crippen LogP contribution in [0, 0.1) is 0 Å². The van der Waals surface area contributed by atoms with Crippen molar-refractivity contribution in [3.05, 3.63) is 17.6 Å². The zero-order valence-corrected chi connectivity index (χ0v) is 13.8. The van der Waals surface area contributed by atoms with E-state index in [1.165, 1.54) is 0 Å². The van der Waals surface area contributed by atoms with Gasteiger partial charge in [0, 0.05) is 24.1 Å². The normalized spacial score (nSPS) is 19.5. The van der Waals surface area contributed by atoms with E-state index in [4.69, 9.17) is 0 Å². The highest BCUT2D eigenvalue weighted by atomic mass is 32.2. The SMILES string of the molecule is Cn1nc2c(c1NC(=O)C1(n3cnnn3)CCCCC1)CSC2. The quantitative estimate of drug-likeness (QED) is 0.914. The Hall–Kier alpha value is -1.90. The fourth-order valence-electron chi connectivity index (χ4n) is 3.58. The molecule has 8 nitrogen and oxygen atoms in total. The molecule has 0 radical (unpaired) electrons. The van der Waals surface area contributed by atoms with Gasteiger partial charge in [-0.15, -0.1) is 5.10 Å². The first-order valence-corrected chi connectivity index (χ1v) is 9.03. The number of rotatable bonds is 3. The molecule has 0 spiro atoms. The van der Waals surface area contributed by atoms with Gasteiger partial charge in [0.2, 0.25) is 0 Å². The first-order valence-electron chi connectivity index (χ1n) is 7.88. The number of tetrazole rings is 1. The third kappa shape index (κ3) is 2.34. The number of aromatic nitrogens is 6. The molecule has 1 saturated carbocycles. The molecular formula is C14H19N7OS. The summed E-state index contributed by atoms with van der Waals surface area (Å²) in [5, 5.41) is 19.1. The van der Waals surface area contributed by atoms with Crippen LogP contribution in [0.2, 0.25) is 0 Å². The van der Waals surface area contributed by atoms with E-state index in [9.17, 15) is 4.79 Å². The third-order valence-electron chi connectivity index (χ3n) is 4.84. The Morgan fingerprint density at radius 3 is 2.87 bits per heavy atom. The van der Waals surface area contributed by atoms with Gasteiger partial charge >= 0.3 is 0 Å². The second kappa shape index (κ2) is 5.63. The van der Waals surface area contributed by atoms with Crippen molar-refractivity contribution in [3.8, 4) is 0 Å². The number of aryl methyl sites for hydroxylation is 1. The number of carbonyl (C=O) groups excluding carboxylic acids is 1. The number of hydrogen-bond acceptors (Lipinski definition) is 6. The van der Waals surface area contributed by atoms with Crippen LogP contribution in [-0.4, -0.2) is 35.9 Å². The topological polar surface area (TPSA) is 90.5 Å². The predicted molar refractivity (Wildman–Crippen MR) is 85.7 cm³/mol. The van der Waals surface area contributed by atoms with E-state index in [1.54, 1.807) is 15.7 Å². The second-order valence-electron chi connectivity index (χ2n) is 6.19. The van der Waals surface area contributed by atoms with E-state index in [0.717, 1.165) is 60.7 Å². The molecule has 23 heavy (non-hydrogen) atoms. The average molecular weight is 333 g/mol. The summed E-state index contributed by atoms with van der Waals surface area (Å²) in [4.78, 5) is 13.2. The molecule has 2 aromatic heterocycles. The molecule has 1 aliphatic carbocycles. The molecule has 4 rings (SSSR count). The van der Waals surface area contributed by atoms with Gasteiger partial charge in [-0.25, -0.2) is 4.68 Å². The Bertz CT molecular complexity index is 718. The molecule has 0 atom stereocenters. The van der Waals surface area contributed by atoms with E-state index in [1.807, 2.05) is 18.8 Å². The van der Waals surface area contributed by atoms with Crippen LogP contribution >= 0.6 is 11.8 Å². The van der Waals surface area contributed by atoms with Crippen molar-refractivity contribution in [2.24, 2.45) is 7.05 Å². The van der Waals surface area contributed by atoms with Gasteiger partial charge in [0.1, 0.15) is 17.7 Å². The van der Waals surface area contributed by atoms with Gasteiger partial charge in [-0.3, -0.25) is 9.48 Å². The Labute approximate surface area is 138 Å². The first kappa shape index (κ1) is 14.7. The van der Waals surface area contributed by atoms with Crippen LogP contribution in [0.4, 0.5) is 5.82 Å². The lowest BCUT2D eigenvalue weighted by Crippen LogP contribution is -2.47. The Balaban J connectivity index is 1.67. The van der Waals surface area contributed by atoms with Crippen LogP contribution in [-0.2, 0) is 28.9 Å². The number of anilines is 1. The number of thioether (sulfide) groups is 1. The third-order valence-corrected chi connectivity index (χ3v) is 5.81. The minimum Gasteiger partial charge on any atom is -0.309 e. The van der Waals surface area contributed by atoms with Crippen molar-refractivity contribution in [1.29, 1.82) is 0 Å². The molecule has 1 amide bonds. The average Bonchev–Trinajstić information content (AvgIpc) is 3.28. The van der Waals surface area contributed by atoms with Gasteiger partial charge < -0.3 is 5.32 Å². The van der Waals surface area contributed by atoms with Crippen molar-refractivity contribution in [3.63, 3.8) is 0 Å². The number of hydrogen-bond donors (Lipinski definition) is 1. The lowest BCUT2D eigenvalue weighted by Gasteiger charge is -2.35. The predicted octanol–water partition coefficient (Wildman–Crippen LogP) is 1.45. The number of amides is 1. The van der Waals surface area contributed by atoms with E-state index in [0.29, 0.717) is 0 Å². The van der Waals surface area contributed by atoms with Crippen LogP contribution in [0.3, 0.4) is 0 Å². The first-order chi connectivity index (χ1) is 11.2. The highest BCUT2D eigenvalue weighted by Gasteiger charge is 2.43. The van der Waals surface area contributed by atoms with Crippen LogP contribution in [0.25, 0.3) is 0 Å². The van der Waals surface area contributed by atoms with Crippen LogP contribution in [0.5, 0.6) is 0 Å². The highest BCUT2D eigenvalue weighted by molar-refractivity contribution is 7.98. The summed E-state index contributed by atoms with van der Waals surface area (Å²) in [6, 6.07) is 0. The lowest BCUT2D eigenvalue weighted by atomic mass is 9.81. The maximum Gasteiger partial charge on any atom is 0.253 e. The highest BCUT2D eigenvalue weighted by Crippen LogP contribution is 2.38. The monoisotopic (exact) mass is 333 g/mol. The molecule has 1 fully saturated rings. The molecule has 0 aromatic carbocycles. The van der Waals surface area contributed by atoms with Crippen molar-refractivity contribution in [2.45, 2.75) is 49.1 Å². The lowest BCUT2D eigenvalue weighted by molar-refractivity contribution is -0.127. The summed E-state index contributed by atoms with van der Waals surface area (Å²) in [5.74, 6) is 2.59. The molecule has 0 saturated heterocycles. The fourth-order valence-corrected chi connectivity index (χ4v) is 4.61. The summed E-state index contributed by atoms with van der Waals surface area (Å²) in [5.41, 5.74) is 1.53. The maximum absolute atomic E-state index is 13.2. The Kier molecular flexibility index (Phi) is 3.59. The summed E-state index contributed by atoms with van der Waals surface area (Å²) in [7, 11) is 1.88. The maximum atomic E-state index is 13.2. The Morgan fingerprint density at radius 1 is 1.30 bits per heavy atom. The van der Waals surface area contributed by atoms with Crippen molar-refractivity contribution in [1.82, 2.24) is 30.0 Å². The molecule has 1 N–H and O–H groups in total. The largest absolute Gasteiger partial charge is 0.309 e. The molecule has 3 heterocycles. The summed E-state index contributed by atoms with van der Waals surface area (Å²) in [6.45, 7) is 0. The van der Waals surface area contributed by atoms with Gasteiger partial charge in [0.25, 0.3) is 5.91 Å². The molecule has 2 aliphatic rings. The second-order valence-corrected chi connectivity index (χ2v) is 7.18. The van der Waals surface area contributed by atoms with Gasteiger partial charge in [0.15, 0.2) is 0 Å². The molecule has 122 valence electrons. The summed E-state index contributed by atoms with van der Waals surface area (Å²) in [6.07, 6.45) is 6.24. The van der Waals surface area contributed by atoms with Gasteiger partial charge in [0.05, 0.1) is 5.69 Å². The van der Waals surface area contributed by atoms with Crippen LogP contribution in [0.15, 0.2) is 6.33 Å². The van der Waals surface area contributed by atoms with Crippen molar-refractivity contribution >= 4 is 23.5 Å². The fraction of sp³-hybridized carbons (Fsp3) is 0.643. The molecule has 2 aromatic rings. The molecule has 9 heteroatoms. The van der Waals surface area contributed by atoms with E-state index < -0.39 is 5.54 Å². The zero-order chi connectivity index (χ0) is 15.9. The smallest absolute Gasteiger partial charge is 0.253 e. The summed E-state index contributed by atoms with van der Waals surface area (Å²) < 4.78 is 3.41. The standard InChI is InChI=1S/C14H19N7OS/c1-20-12(10-7-23-8-11(10)17-20)16-13(22)14(5-3-2-4-6-14)21-9-15-18-19-21/h9H,2-8H2,1H3,(H,16,22). The minimum absolute atomic E-state index is 0.0350. The number of fused-ring (bicyclic) bond motifs is 1. The van der Waals surface area contributed by atoms with Gasteiger partial charge in [-0.1, -0.05) is 19.3 Å². The van der Waals surface area contributed by atoms with Gasteiger partial charge in [-0.2, -0.15) is 16.9 Å². The number of nitrogens with one attached hydrogen (secondary N) is 1. The number of carbonyl (C=O) groups is 1. The molecule has 1 aliphatic heterocycles. The molecule has 0 unspecified atom stereocenters. The van der Waals surface area contributed by atoms with Crippen LogP contribution in [0.1, 0.15) is 43.4 Å². The van der Waals surface area contributed by atoms with Crippen molar-refractivity contribution < 1.29 is 4.79 Å². The number of nitrogens with zero attached hydrogens (tertiary/aromatic N) is 6. The van der Waals surface area contributed by atoms with Crippen LogP contribution < -0.4 is 5.32 Å². The molecular weight excluding hydrogens is 314 g/mol. The van der Waals surface area contributed by atoms with Crippen molar-refractivity contribution in [2.75, 3.05) is 5.32 Å². The van der Waals surface area contributed by atoms with E-state index >= 15 is 0 Å². The van der Waals surface area contributed by atoms with Gasteiger partial charge in [-0.05, 0) is 23.3 Å².